The van der Waals surface area contributed by atoms with E-state index >= 15 is 0 Å². The van der Waals surface area contributed by atoms with E-state index in [9.17, 15) is 9.59 Å². The van der Waals surface area contributed by atoms with E-state index < -0.39 is 23.8 Å². The van der Waals surface area contributed by atoms with Gasteiger partial charge in [0.05, 0.1) is 0 Å². The van der Waals surface area contributed by atoms with Gasteiger partial charge in [-0.3, -0.25) is 0 Å². The highest BCUT2D eigenvalue weighted by Gasteiger charge is 2.43. The molecule has 3 aromatic carbocycles. The summed E-state index contributed by atoms with van der Waals surface area (Å²) in [5.41, 5.74) is 1.92. The molecule has 1 heterocycles. The Morgan fingerprint density at radius 3 is 2.08 bits per heavy atom. The molecule has 38 heavy (non-hydrogen) atoms. The van der Waals surface area contributed by atoms with Crippen LogP contribution in [-0.2, 0) is 19.9 Å². The molecular formula is C32H34ClNO4. The molecule has 2 atom stereocenters. The fourth-order valence-electron chi connectivity index (χ4n) is 5.86. The molecule has 0 bridgehead atoms. The molecule has 1 aliphatic carbocycles. The average molecular weight is 532 g/mol. The first kappa shape index (κ1) is 26.5. The molecule has 0 aromatic heterocycles. The minimum absolute atomic E-state index is 0.445. The lowest BCUT2D eigenvalue weighted by molar-refractivity contribution is -0.143. The molecule has 2 aliphatic rings. The summed E-state index contributed by atoms with van der Waals surface area (Å²) in [6.45, 7) is 0.718. The fourth-order valence-corrected chi connectivity index (χ4v) is 6.13. The summed E-state index contributed by atoms with van der Waals surface area (Å²) in [6, 6.07) is 24.6. The minimum atomic E-state index is -1.41. The van der Waals surface area contributed by atoms with Crippen LogP contribution in [0.1, 0.15) is 79.5 Å². The van der Waals surface area contributed by atoms with Crippen molar-refractivity contribution in [1.82, 2.24) is 5.32 Å². The van der Waals surface area contributed by atoms with Crippen LogP contribution >= 0.6 is 11.6 Å². The van der Waals surface area contributed by atoms with Gasteiger partial charge in [-0.1, -0.05) is 110 Å². The van der Waals surface area contributed by atoms with Gasteiger partial charge in [-0.05, 0) is 49.8 Å². The molecule has 3 aromatic rings. The molecule has 1 saturated heterocycles. The van der Waals surface area contributed by atoms with Gasteiger partial charge >= 0.3 is 12.1 Å². The maximum Gasteiger partial charge on any atom is 0.517 e. The summed E-state index contributed by atoms with van der Waals surface area (Å²) >= 11 is 6.76. The highest BCUT2D eigenvalue weighted by atomic mass is 35.5. The summed E-state index contributed by atoms with van der Waals surface area (Å²) in [6.07, 6.45) is 7.89. The van der Waals surface area contributed by atoms with Crippen molar-refractivity contribution in [2.45, 2.75) is 68.9 Å². The van der Waals surface area contributed by atoms with Gasteiger partial charge in [0.2, 0.25) is 0 Å². The summed E-state index contributed by atoms with van der Waals surface area (Å²) in [4.78, 5) is 25.9. The van der Waals surface area contributed by atoms with E-state index in [1.807, 2.05) is 60.7 Å². The zero-order valence-electron chi connectivity index (χ0n) is 21.5. The standard InChI is InChI=1S/C32H34ClNO4/c33-28-16-9-8-15-27(28)32(25-13-6-3-7-14-25,38-31(36)37-30(35)29-17-10-22-34-29)26-20-18-24(19-21-26)23-11-4-1-2-5-12-23/h3,6-9,13-16,18-21,23,29,34H,1-2,4-5,10-12,17,22H2/t29-,32?/m0/s1. The number of hydrogen-bond donors (Lipinski definition) is 1. The lowest BCUT2D eigenvalue weighted by Crippen LogP contribution is -2.39. The molecule has 1 aliphatic heterocycles. The Bertz CT molecular complexity index is 1230. The lowest BCUT2D eigenvalue weighted by Gasteiger charge is -2.35. The number of halogens is 1. The molecule has 1 N–H and O–H groups in total. The van der Waals surface area contributed by atoms with Crippen LogP contribution in [0.15, 0.2) is 78.9 Å². The number of carbonyl (C=O) groups excluding carboxylic acids is 2. The topological polar surface area (TPSA) is 64.6 Å². The molecule has 2 fully saturated rings. The van der Waals surface area contributed by atoms with Crippen molar-refractivity contribution in [1.29, 1.82) is 0 Å². The summed E-state index contributed by atoms with van der Waals surface area (Å²) in [7, 11) is 0. The van der Waals surface area contributed by atoms with Gasteiger partial charge in [0.15, 0.2) is 5.60 Å². The third kappa shape index (κ3) is 5.64. The van der Waals surface area contributed by atoms with Gasteiger partial charge in [0.1, 0.15) is 6.04 Å². The van der Waals surface area contributed by atoms with Crippen LogP contribution in [0.5, 0.6) is 0 Å². The average Bonchev–Trinajstić information content (AvgIpc) is 3.36. The van der Waals surface area contributed by atoms with Crippen molar-refractivity contribution in [2.24, 2.45) is 0 Å². The van der Waals surface area contributed by atoms with Crippen LogP contribution in [0.2, 0.25) is 5.02 Å². The van der Waals surface area contributed by atoms with E-state index in [-0.39, 0.29) is 0 Å². The van der Waals surface area contributed by atoms with Crippen LogP contribution in [0, 0.1) is 0 Å². The van der Waals surface area contributed by atoms with Crippen molar-refractivity contribution in [3.05, 3.63) is 106 Å². The second kappa shape index (κ2) is 12.1. The van der Waals surface area contributed by atoms with Gasteiger partial charge in [0.25, 0.3) is 0 Å². The summed E-state index contributed by atoms with van der Waals surface area (Å²) in [5, 5.41) is 3.51. The van der Waals surface area contributed by atoms with Crippen LogP contribution in [0.25, 0.3) is 0 Å². The molecular weight excluding hydrogens is 498 g/mol. The van der Waals surface area contributed by atoms with E-state index in [0.29, 0.717) is 28.5 Å². The number of ether oxygens (including phenoxy) is 2. The van der Waals surface area contributed by atoms with Gasteiger partial charge < -0.3 is 14.8 Å². The van der Waals surface area contributed by atoms with Crippen LogP contribution < -0.4 is 5.32 Å². The van der Waals surface area contributed by atoms with Gasteiger partial charge in [-0.15, -0.1) is 0 Å². The Kier molecular flexibility index (Phi) is 8.45. The molecule has 5 nitrogen and oxygen atoms in total. The maximum absolute atomic E-state index is 13.3. The Hall–Kier alpha value is -3.15. The highest BCUT2D eigenvalue weighted by molar-refractivity contribution is 6.31. The van der Waals surface area contributed by atoms with E-state index in [2.05, 4.69) is 17.4 Å². The maximum atomic E-state index is 13.3. The third-order valence-electron chi connectivity index (χ3n) is 7.84. The van der Waals surface area contributed by atoms with E-state index in [4.69, 9.17) is 21.1 Å². The second-order valence-corrected chi connectivity index (χ2v) is 10.7. The predicted octanol–water partition coefficient (Wildman–Crippen LogP) is 7.50. The van der Waals surface area contributed by atoms with Crippen molar-refractivity contribution >= 4 is 23.7 Å². The largest absolute Gasteiger partial charge is 0.517 e. The molecule has 0 amide bonds. The normalized spacial score (nSPS) is 19.8. The van der Waals surface area contributed by atoms with E-state index in [1.54, 1.807) is 6.07 Å². The van der Waals surface area contributed by atoms with Gasteiger partial charge in [-0.2, -0.15) is 0 Å². The number of nitrogens with one attached hydrogen (secondary N) is 1. The molecule has 0 radical (unpaired) electrons. The van der Waals surface area contributed by atoms with Crippen LogP contribution in [0.3, 0.4) is 0 Å². The molecule has 6 heteroatoms. The monoisotopic (exact) mass is 531 g/mol. The third-order valence-corrected chi connectivity index (χ3v) is 8.17. The Balaban J connectivity index is 1.57. The fraction of sp³-hybridized carbons (Fsp3) is 0.375. The smallest absolute Gasteiger partial charge is 0.412 e. The number of hydrogen-bond acceptors (Lipinski definition) is 5. The Labute approximate surface area is 229 Å². The van der Waals surface area contributed by atoms with E-state index in [1.165, 1.54) is 44.1 Å². The number of rotatable bonds is 6. The van der Waals surface area contributed by atoms with Crippen molar-refractivity contribution in [2.75, 3.05) is 6.54 Å². The van der Waals surface area contributed by atoms with E-state index in [0.717, 1.165) is 18.5 Å². The van der Waals surface area contributed by atoms with Crippen LogP contribution in [0.4, 0.5) is 4.79 Å². The Morgan fingerprint density at radius 2 is 1.42 bits per heavy atom. The predicted molar refractivity (Wildman–Crippen MR) is 148 cm³/mol. The number of esters is 1. The minimum Gasteiger partial charge on any atom is -0.412 e. The lowest BCUT2D eigenvalue weighted by atomic mass is 9.79. The SMILES string of the molecule is O=C(OC(=O)[C@@H]1CCCN1)OC(c1ccccc1)(c1ccc(C2CCCCCC2)cc1)c1ccccc1Cl. The summed E-state index contributed by atoms with van der Waals surface area (Å²) < 4.78 is 11.4. The zero-order valence-corrected chi connectivity index (χ0v) is 22.3. The number of benzene rings is 3. The first-order valence-electron chi connectivity index (χ1n) is 13.7. The van der Waals surface area contributed by atoms with Gasteiger partial charge in [-0.25, -0.2) is 9.59 Å². The quantitative estimate of drug-likeness (QED) is 0.154. The number of carbonyl (C=O) groups is 2. The molecule has 198 valence electrons. The molecule has 1 saturated carbocycles. The first-order chi connectivity index (χ1) is 18.6. The van der Waals surface area contributed by atoms with Gasteiger partial charge in [0, 0.05) is 21.7 Å². The van der Waals surface area contributed by atoms with Crippen LogP contribution in [-0.4, -0.2) is 24.7 Å². The molecule has 5 rings (SSSR count). The second-order valence-electron chi connectivity index (χ2n) is 10.3. The molecule has 1 unspecified atom stereocenters. The van der Waals surface area contributed by atoms with Crippen molar-refractivity contribution in [3.8, 4) is 0 Å². The molecule has 0 spiro atoms. The summed E-state index contributed by atoms with van der Waals surface area (Å²) in [5.74, 6) is -0.0993. The zero-order chi connectivity index (χ0) is 26.4. The highest BCUT2D eigenvalue weighted by Crippen LogP contribution is 2.44. The van der Waals surface area contributed by atoms with Crippen molar-refractivity contribution in [3.63, 3.8) is 0 Å². The Morgan fingerprint density at radius 1 is 0.763 bits per heavy atom. The van der Waals surface area contributed by atoms with Crippen molar-refractivity contribution < 1.29 is 19.1 Å². The first-order valence-corrected chi connectivity index (χ1v) is 14.0.